The van der Waals surface area contributed by atoms with Crippen LogP contribution in [0.25, 0.3) is 0 Å². The van der Waals surface area contributed by atoms with Gasteiger partial charge in [-0.2, -0.15) is 0 Å². The summed E-state index contributed by atoms with van der Waals surface area (Å²) in [6.45, 7) is 13.3. The fourth-order valence-electron chi connectivity index (χ4n) is 3.33. The van der Waals surface area contributed by atoms with Gasteiger partial charge in [0.2, 0.25) is 0 Å². The van der Waals surface area contributed by atoms with Crippen molar-refractivity contribution in [2.45, 2.75) is 52.4 Å². The van der Waals surface area contributed by atoms with Gasteiger partial charge < -0.3 is 10.5 Å². The molecule has 0 bridgehead atoms. The van der Waals surface area contributed by atoms with E-state index in [1.807, 2.05) is 0 Å². The van der Waals surface area contributed by atoms with E-state index >= 15 is 0 Å². The Morgan fingerprint density at radius 2 is 2.10 bits per heavy atom. The maximum absolute atomic E-state index is 6.11. The second-order valence-corrected chi connectivity index (χ2v) is 6.73. The minimum atomic E-state index is -0.108. The zero-order valence-electron chi connectivity index (χ0n) is 13.4. The molecule has 0 aromatic heterocycles. The maximum Gasteiger partial charge on any atom is 0.0757 e. The van der Waals surface area contributed by atoms with Crippen molar-refractivity contribution in [3.63, 3.8) is 0 Å². The van der Waals surface area contributed by atoms with Crippen LogP contribution >= 0.6 is 0 Å². The fourth-order valence-corrected chi connectivity index (χ4v) is 3.33. The number of rotatable bonds is 3. The molecule has 0 aliphatic carbocycles. The van der Waals surface area contributed by atoms with Crippen LogP contribution in [-0.2, 0) is 4.74 Å². The molecule has 0 spiro atoms. The number of nitrogens with two attached hydrogens (primary N) is 1. The van der Waals surface area contributed by atoms with E-state index in [1.165, 1.54) is 16.7 Å². The van der Waals surface area contributed by atoms with E-state index in [4.69, 9.17) is 10.5 Å². The van der Waals surface area contributed by atoms with Gasteiger partial charge >= 0.3 is 0 Å². The summed E-state index contributed by atoms with van der Waals surface area (Å²) in [6.07, 6.45) is 0.248. The third-order valence-corrected chi connectivity index (χ3v) is 4.05. The lowest BCUT2D eigenvalue weighted by atomic mass is 9.95. The SMILES string of the molecule is Cc1ccc(C)c(C(CN)N2CC(C)OC(C)(C)C2)c1. The topological polar surface area (TPSA) is 38.5 Å². The predicted molar refractivity (Wildman–Crippen MR) is 83.9 cm³/mol. The molecule has 0 saturated carbocycles. The van der Waals surface area contributed by atoms with Gasteiger partial charge in [0.25, 0.3) is 0 Å². The molecule has 112 valence electrons. The van der Waals surface area contributed by atoms with Crippen LogP contribution in [0.2, 0.25) is 0 Å². The van der Waals surface area contributed by atoms with Crippen LogP contribution in [0.4, 0.5) is 0 Å². The number of morpholine rings is 1. The molecule has 1 aliphatic heterocycles. The van der Waals surface area contributed by atoms with Crippen LogP contribution in [0.1, 0.15) is 43.5 Å². The van der Waals surface area contributed by atoms with Crippen LogP contribution in [0.5, 0.6) is 0 Å². The standard InChI is InChI=1S/C17H28N2O/c1-12-6-7-13(2)15(8-12)16(9-18)19-10-14(3)20-17(4,5)11-19/h6-8,14,16H,9-11,18H2,1-5H3. The molecule has 2 unspecified atom stereocenters. The molecule has 1 saturated heterocycles. The second-order valence-electron chi connectivity index (χ2n) is 6.73. The highest BCUT2D eigenvalue weighted by atomic mass is 16.5. The van der Waals surface area contributed by atoms with Gasteiger partial charge in [0.15, 0.2) is 0 Å². The van der Waals surface area contributed by atoms with Crippen LogP contribution < -0.4 is 5.73 Å². The normalized spacial score (nSPS) is 24.6. The molecule has 1 fully saturated rings. The first-order chi connectivity index (χ1) is 9.32. The molecule has 0 radical (unpaired) electrons. The smallest absolute Gasteiger partial charge is 0.0757 e. The lowest BCUT2D eigenvalue weighted by Crippen LogP contribution is -2.54. The van der Waals surface area contributed by atoms with Crippen molar-refractivity contribution in [3.8, 4) is 0 Å². The average Bonchev–Trinajstić information content (AvgIpc) is 2.32. The monoisotopic (exact) mass is 276 g/mol. The van der Waals surface area contributed by atoms with Gasteiger partial charge in [-0.05, 0) is 45.7 Å². The third-order valence-electron chi connectivity index (χ3n) is 4.05. The highest BCUT2D eigenvalue weighted by molar-refractivity contribution is 5.33. The van der Waals surface area contributed by atoms with Crippen molar-refractivity contribution >= 4 is 0 Å². The summed E-state index contributed by atoms with van der Waals surface area (Å²) in [4.78, 5) is 2.48. The summed E-state index contributed by atoms with van der Waals surface area (Å²) in [5.74, 6) is 0. The zero-order valence-corrected chi connectivity index (χ0v) is 13.4. The molecule has 2 rings (SSSR count). The summed E-state index contributed by atoms with van der Waals surface area (Å²) >= 11 is 0. The summed E-state index contributed by atoms with van der Waals surface area (Å²) < 4.78 is 6.01. The van der Waals surface area contributed by atoms with Gasteiger partial charge in [-0.25, -0.2) is 0 Å². The Kier molecular flexibility index (Phi) is 4.52. The Balaban J connectivity index is 2.29. The van der Waals surface area contributed by atoms with E-state index in [-0.39, 0.29) is 17.7 Å². The van der Waals surface area contributed by atoms with Gasteiger partial charge in [0.05, 0.1) is 11.7 Å². The summed E-state index contributed by atoms with van der Waals surface area (Å²) in [5.41, 5.74) is 9.97. The first-order valence-corrected chi connectivity index (χ1v) is 7.51. The molecule has 2 N–H and O–H groups in total. The molecule has 2 atom stereocenters. The summed E-state index contributed by atoms with van der Waals surface area (Å²) in [6, 6.07) is 6.92. The molecule has 3 heteroatoms. The Bertz CT molecular complexity index is 470. The quantitative estimate of drug-likeness (QED) is 0.922. The van der Waals surface area contributed by atoms with Crippen molar-refractivity contribution < 1.29 is 4.74 Å². The Hall–Kier alpha value is -0.900. The fraction of sp³-hybridized carbons (Fsp3) is 0.647. The average molecular weight is 276 g/mol. The predicted octanol–water partition coefficient (Wildman–Crippen LogP) is 2.80. The van der Waals surface area contributed by atoms with Crippen LogP contribution in [0, 0.1) is 13.8 Å². The Labute approximate surface area is 123 Å². The summed E-state index contributed by atoms with van der Waals surface area (Å²) in [7, 11) is 0. The van der Waals surface area contributed by atoms with Crippen molar-refractivity contribution in [2.75, 3.05) is 19.6 Å². The third kappa shape index (κ3) is 3.40. The van der Waals surface area contributed by atoms with Gasteiger partial charge in [-0.15, -0.1) is 0 Å². The van der Waals surface area contributed by atoms with E-state index < -0.39 is 0 Å². The number of aryl methyl sites for hydroxylation is 2. The van der Waals surface area contributed by atoms with E-state index in [1.54, 1.807) is 0 Å². The van der Waals surface area contributed by atoms with Gasteiger partial charge in [-0.3, -0.25) is 4.90 Å². The van der Waals surface area contributed by atoms with E-state index in [2.05, 4.69) is 57.7 Å². The van der Waals surface area contributed by atoms with Crippen LogP contribution in [-0.4, -0.2) is 36.2 Å². The molecular formula is C17H28N2O. The minimum Gasteiger partial charge on any atom is -0.370 e. The Morgan fingerprint density at radius 1 is 1.40 bits per heavy atom. The lowest BCUT2D eigenvalue weighted by molar-refractivity contribution is -0.137. The van der Waals surface area contributed by atoms with Crippen LogP contribution in [0.15, 0.2) is 18.2 Å². The molecule has 1 heterocycles. The molecule has 1 aromatic carbocycles. The maximum atomic E-state index is 6.11. The number of ether oxygens (including phenoxy) is 1. The first kappa shape index (κ1) is 15.5. The van der Waals surface area contributed by atoms with Crippen molar-refractivity contribution in [1.29, 1.82) is 0 Å². The number of nitrogens with zero attached hydrogens (tertiary/aromatic N) is 1. The van der Waals surface area contributed by atoms with Crippen molar-refractivity contribution in [2.24, 2.45) is 5.73 Å². The number of benzene rings is 1. The molecular weight excluding hydrogens is 248 g/mol. The molecule has 1 aliphatic rings. The van der Waals surface area contributed by atoms with Gasteiger partial charge in [0.1, 0.15) is 0 Å². The second kappa shape index (κ2) is 5.84. The van der Waals surface area contributed by atoms with E-state index in [0.29, 0.717) is 6.54 Å². The highest BCUT2D eigenvalue weighted by Crippen LogP contribution is 2.30. The lowest BCUT2D eigenvalue weighted by Gasteiger charge is -2.45. The molecule has 3 nitrogen and oxygen atoms in total. The molecule has 0 amide bonds. The van der Waals surface area contributed by atoms with E-state index in [9.17, 15) is 0 Å². The first-order valence-electron chi connectivity index (χ1n) is 7.51. The molecule has 1 aromatic rings. The Morgan fingerprint density at radius 3 is 2.70 bits per heavy atom. The minimum absolute atomic E-state index is 0.108. The van der Waals surface area contributed by atoms with E-state index in [0.717, 1.165) is 13.1 Å². The van der Waals surface area contributed by atoms with Gasteiger partial charge in [-0.1, -0.05) is 23.8 Å². The largest absolute Gasteiger partial charge is 0.370 e. The van der Waals surface area contributed by atoms with Crippen molar-refractivity contribution in [1.82, 2.24) is 4.90 Å². The molecule has 20 heavy (non-hydrogen) atoms. The van der Waals surface area contributed by atoms with Crippen molar-refractivity contribution in [3.05, 3.63) is 34.9 Å². The van der Waals surface area contributed by atoms with Gasteiger partial charge in [0, 0.05) is 25.7 Å². The number of hydrogen-bond donors (Lipinski definition) is 1. The van der Waals surface area contributed by atoms with Crippen LogP contribution in [0.3, 0.4) is 0 Å². The number of hydrogen-bond acceptors (Lipinski definition) is 3. The summed E-state index contributed by atoms with van der Waals surface area (Å²) in [5, 5.41) is 0. The zero-order chi connectivity index (χ0) is 14.9. The highest BCUT2D eigenvalue weighted by Gasteiger charge is 2.35.